The van der Waals surface area contributed by atoms with Gasteiger partial charge in [0.15, 0.2) is 5.84 Å². The van der Waals surface area contributed by atoms with E-state index in [4.69, 9.17) is 21.1 Å². The smallest absolute Gasteiger partial charge is 0.411 e. The largest absolute Gasteiger partial charge is 0.444 e. The quantitative estimate of drug-likeness (QED) is 0.359. The van der Waals surface area contributed by atoms with Crippen molar-refractivity contribution in [2.24, 2.45) is 10.8 Å². The van der Waals surface area contributed by atoms with Crippen LogP contribution < -0.4 is 16.5 Å². The predicted octanol–water partition coefficient (Wildman–Crippen LogP) is 1.60. The maximum Gasteiger partial charge on any atom is 0.411 e. The molecule has 0 unspecified atom stereocenters. The molecule has 5 N–H and O–H groups in total. The molecule has 1 aliphatic heterocycles. The lowest BCUT2D eigenvalue weighted by molar-refractivity contribution is -0.117. The normalized spacial score (nSPS) is 14.4. The van der Waals surface area contributed by atoms with Gasteiger partial charge in [0.05, 0.1) is 12.2 Å². The van der Waals surface area contributed by atoms with Crippen LogP contribution in [0.4, 0.5) is 16.2 Å². The van der Waals surface area contributed by atoms with Crippen molar-refractivity contribution in [1.29, 1.82) is 10.7 Å². The minimum atomic E-state index is -0.679. The summed E-state index contributed by atoms with van der Waals surface area (Å²) in [6.07, 6.45) is -0.592. The number of amides is 2. The van der Waals surface area contributed by atoms with Gasteiger partial charge >= 0.3 is 6.09 Å². The number of ether oxygens (including phenoxy) is 1. The molecule has 0 atom stereocenters. The summed E-state index contributed by atoms with van der Waals surface area (Å²) in [6.45, 7) is 5.27. The zero-order chi connectivity index (χ0) is 20.2. The van der Waals surface area contributed by atoms with Crippen molar-refractivity contribution < 1.29 is 14.3 Å². The van der Waals surface area contributed by atoms with E-state index in [1.54, 1.807) is 45.0 Å². The van der Waals surface area contributed by atoms with Gasteiger partial charge in [-0.05, 0) is 44.5 Å². The number of carbonyl (C=O) groups is 2. The molecule has 10 heteroatoms. The van der Waals surface area contributed by atoms with Gasteiger partial charge in [-0.2, -0.15) is 10.4 Å². The predicted molar refractivity (Wildman–Crippen MR) is 100 cm³/mol. The first-order valence-electron chi connectivity index (χ1n) is 8.08. The van der Waals surface area contributed by atoms with Gasteiger partial charge < -0.3 is 15.8 Å². The molecule has 0 fully saturated rings. The fourth-order valence-electron chi connectivity index (χ4n) is 2.26. The number of hydrogen-bond acceptors (Lipinski definition) is 7. The second-order valence-electron chi connectivity index (χ2n) is 6.85. The average Bonchev–Trinajstić information content (AvgIpc) is 2.71. The summed E-state index contributed by atoms with van der Waals surface area (Å²) in [5, 5.41) is 22.6. The maximum absolute atomic E-state index is 12.3. The van der Waals surface area contributed by atoms with Crippen LogP contribution in [-0.2, 0) is 16.1 Å². The van der Waals surface area contributed by atoms with Crippen molar-refractivity contribution in [2.75, 3.05) is 17.3 Å². The van der Waals surface area contributed by atoms with E-state index >= 15 is 0 Å². The zero-order valence-electron chi connectivity index (χ0n) is 15.3. The van der Waals surface area contributed by atoms with Crippen molar-refractivity contribution in [3.63, 3.8) is 0 Å². The number of nitriles is 1. The summed E-state index contributed by atoms with van der Waals surface area (Å²) >= 11 is 0. The van der Waals surface area contributed by atoms with Gasteiger partial charge in [0.1, 0.15) is 18.2 Å². The van der Waals surface area contributed by atoms with Gasteiger partial charge in [0, 0.05) is 5.69 Å². The highest BCUT2D eigenvalue weighted by Crippen LogP contribution is 2.25. The van der Waals surface area contributed by atoms with Crippen LogP contribution in [0.1, 0.15) is 26.3 Å². The first-order valence-corrected chi connectivity index (χ1v) is 8.08. The average molecular weight is 371 g/mol. The van der Waals surface area contributed by atoms with Crippen LogP contribution in [0.25, 0.3) is 0 Å². The molecule has 0 saturated heterocycles. The summed E-state index contributed by atoms with van der Waals surface area (Å²) in [7, 11) is 0. The first kappa shape index (κ1) is 19.7. The Labute approximate surface area is 156 Å². The Hall–Kier alpha value is -3.61. The standard InChI is InChI=1S/C17H21N7O3/c1-17(2,3)27-16(26)24-8-10-6-11(22-23-13(7-18)15(19)20)4-5-12(10)21-14(25)9-24/h4-6,22H,8-9H2,1-3H3,(H3,19,20)(H,21,25)/b23-13+. The van der Waals surface area contributed by atoms with E-state index in [0.717, 1.165) is 0 Å². The van der Waals surface area contributed by atoms with Gasteiger partial charge in [0.25, 0.3) is 0 Å². The highest BCUT2D eigenvalue weighted by atomic mass is 16.6. The molecule has 0 aromatic heterocycles. The lowest BCUT2D eigenvalue weighted by atomic mass is 10.1. The van der Waals surface area contributed by atoms with Crippen LogP contribution in [0.15, 0.2) is 23.3 Å². The van der Waals surface area contributed by atoms with E-state index in [1.807, 2.05) is 0 Å². The summed E-state index contributed by atoms with van der Waals surface area (Å²) < 4.78 is 5.34. The number of carbonyl (C=O) groups excluding carboxylic acids is 2. The number of nitrogens with one attached hydrogen (secondary N) is 3. The third-order valence-corrected chi connectivity index (χ3v) is 3.38. The van der Waals surface area contributed by atoms with Gasteiger partial charge in [-0.1, -0.05) is 0 Å². The van der Waals surface area contributed by atoms with E-state index in [9.17, 15) is 9.59 Å². The molecule has 142 valence electrons. The summed E-state index contributed by atoms with van der Waals surface area (Å²) in [5.41, 5.74) is 8.67. The van der Waals surface area contributed by atoms with Crippen LogP contribution in [-0.4, -0.2) is 40.6 Å². The lowest BCUT2D eigenvalue weighted by Crippen LogP contribution is -2.39. The minimum absolute atomic E-state index is 0.132. The monoisotopic (exact) mass is 371 g/mol. The molecule has 10 nitrogen and oxygen atoms in total. The highest BCUT2D eigenvalue weighted by molar-refractivity contribution is 6.45. The molecule has 1 aromatic rings. The van der Waals surface area contributed by atoms with Crippen molar-refractivity contribution >= 4 is 34.9 Å². The molecule has 0 radical (unpaired) electrons. The fraction of sp³-hybridized carbons (Fsp3) is 0.353. The number of fused-ring (bicyclic) bond motifs is 1. The Morgan fingerprint density at radius 1 is 1.44 bits per heavy atom. The van der Waals surface area contributed by atoms with Crippen LogP contribution in [0.2, 0.25) is 0 Å². The minimum Gasteiger partial charge on any atom is -0.444 e. The first-order chi connectivity index (χ1) is 12.6. The molecule has 0 bridgehead atoms. The van der Waals surface area contributed by atoms with Crippen LogP contribution in [0, 0.1) is 16.7 Å². The Bertz CT molecular complexity index is 849. The Morgan fingerprint density at radius 2 is 2.15 bits per heavy atom. The summed E-state index contributed by atoms with van der Waals surface area (Å²) in [4.78, 5) is 25.7. The number of nitrogens with two attached hydrogens (primary N) is 1. The number of hydrogen-bond donors (Lipinski definition) is 4. The molecule has 1 heterocycles. The van der Waals surface area contributed by atoms with E-state index in [-0.39, 0.29) is 24.7 Å². The third-order valence-electron chi connectivity index (χ3n) is 3.38. The number of nitrogens with zero attached hydrogens (tertiary/aromatic N) is 3. The Balaban J connectivity index is 2.25. The third kappa shape index (κ3) is 5.43. The molecule has 2 rings (SSSR count). The van der Waals surface area contributed by atoms with Crippen molar-refractivity contribution in [3.05, 3.63) is 23.8 Å². The summed E-state index contributed by atoms with van der Waals surface area (Å²) in [6, 6.07) is 6.68. The van der Waals surface area contributed by atoms with Gasteiger partial charge in [-0.3, -0.25) is 20.5 Å². The molecular formula is C17H21N7O3. The lowest BCUT2D eigenvalue weighted by Gasteiger charge is -2.25. The Kier molecular flexibility index (Phi) is 5.65. The molecule has 1 aromatic carbocycles. The van der Waals surface area contributed by atoms with E-state index in [0.29, 0.717) is 16.9 Å². The van der Waals surface area contributed by atoms with E-state index in [1.165, 1.54) is 4.90 Å². The summed E-state index contributed by atoms with van der Waals surface area (Å²) in [5.74, 6) is -0.787. The second-order valence-corrected chi connectivity index (χ2v) is 6.85. The number of anilines is 2. The van der Waals surface area contributed by atoms with Gasteiger partial charge in [-0.15, -0.1) is 0 Å². The zero-order valence-corrected chi connectivity index (χ0v) is 15.3. The van der Waals surface area contributed by atoms with E-state index in [2.05, 4.69) is 15.8 Å². The van der Waals surface area contributed by atoms with Crippen molar-refractivity contribution in [1.82, 2.24) is 4.90 Å². The van der Waals surface area contributed by atoms with Gasteiger partial charge in [-0.25, -0.2) is 4.79 Å². The topological polar surface area (TPSA) is 157 Å². The van der Waals surface area contributed by atoms with Gasteiger partial charge in [0.2, 0.25) is 11.6 Å². The molecule has 1 aliphatic rings. The van der Waals surface area contributed by atoms with Crippen LogP contribution in [0.3, 0.4) is 0 Å². The number of amidine groups is 1. The maximum atomic E-state index is 12.3. The van der Waals surface area contributed by atoms with Crippen LogP contribution >= 0.6 is 0 Å². The molecule has 2 amide bonds. The second kappa shape index (κ2) is 7.74. The number of rotatable bonds is 3. The Morgan fingerprint density at radius 3 is 2.74 bits per heavy atom. The number of hydrazone groups is 1. The number of benzene rings is 1. The van der Waals surface area contributed by atoms with Crippen molar-refractivity contribution in [2.45, 2.75) is 32.9 Å². The molecule has 27 heavy (non-hydrogen) atoms. The van der Waals surface area contributed by atoms with Crippen molar-refractivity contribution in [3.8, 4) is 6.07 Å². The molecular weight excluding hydrogens is 350 g/mol. The SMILES string of the molecule is CC(C)(C)OC(=O)N1CC(=O)Nc2ccc(N/N=C(\C#N)C(=N)N)cc2C1. The molecule has 0 saturated carbocycles. The highest BCUT2D eigenvalue weighted by Gasteiger charge is 2.27. The molecule has 0 aliphatic carbocycles. The fourth-order valence-corrected chi connectivity index (χ4v) is 2.26. The van der Waals surface area contributed by atoms with E-state index < -0.39 is 17.5 Å². The van der Waals surface area contributed by atoms with Crippen LogP contribution in [0.5, 0.6) is 0 Å². The molecule has 0 spiro atoms.